The van der Waals surface area contributed by atoms with Crippen LogP contribution in [0, 0.1) is 13.8 Å². The van der Waals surface area contributed by atoms with Crippen LogP contribution in [0.4, 0.5) is 0 Å². The van der Waals surface area contributed by atoms with Crippen molar-refractivity contribution in [3.63, 3.8) is 0 Å². The molecule has 0 aliphatic heterocycles. The minimum absolute atomic E-state index is 0.324. The number of carboxylic acids is 1. The van der Waals surface area contributed by atoms with Crippen molar-refractivity contribution in [1.29, 1.82) is 0 Å². The molecule has 2 nitrogen and oxygen atoms in total. The second kappa shape index (κ2) is 4.83. The van der Waals surface area contributed by atoms with Gasteiger partial charge in [0.1, 0.15) is 0 Å². The van der Waals surface area contributed by atoms with Gasteiger partial charge >= 0.3 is 5.97 Å². The lowest BCUT2D eigenvalue weighted by Gasteiger charge is -2.10. The first-order valence-electron chi connectivity index (χ1n) is 5.59. The minimum atomic E-state index is -0.909. The van der Waals surface area contributed by atoms with Gasteiger partial charge in [0.2, 0.25) is 0 Å². The molecular weight excluding hydrogens is 248 g/mol. The largest absolute Gasteiger partial charge is 0.478 e. The van der Waals surface area contributed by atoms with E-state index in [4.69, 9.17) is 16.7 Å². The molecule has 2 aromatic rings. The van der Waals surface area contributed by atoms with Crippen LogP contribution in [0.1, 0.15) is 21.5 Å². The zero-order valence-electron chi connectivity index (χ0n) is 10.2. The van der Waals surface area contributed by atoms with Crippen LogP contribution in [0.15, 0.2) is 36.4 Å². The molecule has 0 unspecified atom stereocenters. The smallest absolute Gasteiger partial charge is 0.335 e. The van der Waals surface area contributed by atoms with Gasteiger partial charge in [0, 0.05) is 5.02 Å². The monoisotopic (exact) mass is 260 g/mol. The summed E-state index contributed by atoms with van der Waals surface area (Å²) in [6.45, 7) is 3.78. The van der Waals surface area contributed by atoms with Gasteiger partial charge in [0.15, 0.2) is 0 Å². The van der Waals surface area contributed by atoms with Crippen LogP contribution in [-0.2, 0) is 0 Å². The van der Waals surface area contributed by atoms with Gasteiger partial charge in [0.25, 0.3) is 0 Å². The van der Waals surface area contributed by atoms with Gasteiger partial charge < -0.3 is 5.11 Å². The number of aryl methyl sites for hydroxylation is 1. The van der Waals surface area contributed by atoms with E-state index in [1.54, 1.807) is 12.1 Å². The van der Waals surface area contributed by atoms with Gasteiger partial charge in [0.05, 0.1) is 5.56 Å². The fourth-order valence-corrected chi connectivity index (χ4v) is 2.36. The average molecular weight is 261 g/mol. The summed E-state index contributed by atoms with van der Waals surface area (Å²) in [5.74, 6) is -0.909. The predicted molar refractivity (Wildman–Crippen MR) is 73.3 cm³/mol. The highest BCUT2D eigenvalue weighted by Crippen LogP contribution is 2.29. The summed E-state index contributed by atoms with van der Waals surface area (Å²) in [6, 6.07) is 11.0. The van der Waals surface area contributed by atoms with Crippen molar-refractivity contribution < 1.29 is 9.90 Å². The van der Waals surface area contributed by atoms with Crippen LogP contribution in [0.2, 0.25) is 5.02 Å². The highest BCUT2D eigenvalue weighted by Gasteiger charge is 2.11. The molecule has 0 aliphatic rings. The first-order valence-corrected chi connectivity index (χ1v) is 5.97. The SMILES string of the molecule is Cc1cc(Cl)cc(-c2cccc(C(=O)O)c2C)c1. The average Bonchev–Trinajstić information content (AvgIpc) is 2.27. The molecule has 0 saturated carbocycles. The lowest BCUT2D eigenvalue weighted by atomic mass is 9.95. The Balaban J connectivity index is 2.64. The van der Waals surface area contributed by atoms with E-state index in [0.717, 1.165) is 22.3 Å². The molecule has 0 atom stereocenters. The third-order valence-corrected chi connectivity index (χ3v) is 3.14. The maximum Gasteiger partial charge on any atom is 0.335 e. The van der Waals surface area contributed by atoms with Crippen LogP contribution in [0.25, 0.3) is 11.1 Å². The third kappa shape index (κ3) is 2.39. The van der Waals surface area contributed by atoms with Crippen LogP contribution >= 0.6 is 11.6 Å². The fourth-order valence-electron chi connectivity index (χ4n) is 2.07. The summed E-state index contributed by atoms with van der Waals surface area (Å²) in [5, 5.41) is 9.78. The van der Waals surface area contributed by atoms with Crippen molar-refractivity contribution in [3.05, 3.63) is 58.1 Å². The molecule has 2 rings (SSSR count). The zero-order valence-corrected chi connectivity index (χ0v) is 11.0. The highest BCUT2D eigenvalue weighted by atomic mass is 35.5. The lowest BCUT2D eigenvalue weighted by Crippen LogP contribution is -2.00. The summed E-state index contributed by atoms with van der Waals surface area (Å²) >= 11 is 6.04. The summed E-state index contributed by atoms with van der Waals surface area (Å²) in [4.78, 5) is 11.1. The first kappa shape index (κ1) is 12.7. The van der Waals surface area contributed by atoms with Crippen molar-refractivity contribution in [2.45, 2.75) is 13.8 Å². The predicted octanol–water partition coefficient (Wildman–Crippen LogP) is 4.32. The molecule has 0 spiro atoms. The molecule has 0 aromatic heterocycles. The maximum absolute atomic E-state index is 11.1. The van der Waals surface area contributed by atoms with Crippen molar-refractivity contribution in [3.8, 4) is 11.1 Å². The number of halogens is 1. The van der Waals surface area contributed by atoms with Crippen LogP contribution in [0.5, 0.6) is 0 Å². The van der Waals surface area contributed by atoms with Gasteiger partial charge in [-0.25, -0.2) is 4.79 Å². The molecule has 0 aliphatic carbocycles. The van der Waals surface area contributed by atoms with Gasteiger partial charge in [-0.3, -0.25) is 0 Å². The molecule has 0 saturated heterocycles. The van der Waals surface area contributed by atoms with E-state index in [1.807, 2.05) is 38.1 Å². The molecule has 2 aromatic carbocycles. The molecule has 1 N–H and O–H groups in total. The van der Waals surface area contributed by atoms with Crippen LogP contribution < -0.4 is 0 Å². The Bertz CT molecular complexity index is 598. The second-order valence-corrected chi connectivity index (χ2v) is 4.74. The first-order chi connectivity index (χ1) is 8.49. The number of hydrogen-bond donors (Lipinski definition) is 1. The highest BCUT2D eigenvalue weighted by molar-refractivity contribution is 6.31. The number of hydrogen-bond acceptors (Lipinski definition) is 1. The Hall–Kier alpha value is -1.80. The standard InChI is InChI=1S/C15H13ClO2/c1-9-6-11(8-12(16)7-9)13-4-3-5-14(10(13)2)15(17)18/h3-8H,1-2H3,(H,17,18). The zero-order chi connectivity index (χ0) is 13.3. The molecule has 18 heavy (non-hydrogen) atoms. The topological polar surface area (TPSA) is 37.3 Å². The Morgan fingerprint density at radius 2 is 1.89 bits per heavy atom. The van der Waals surface area contributed by atoms with Gasteiger partial charge in [-0.05, 0) is 54.3 Å². The van der Waals surface area contributed by atoms with Gasteiger partial charge in [-0.2, -0.15) is 0 Å². The molecule has 0 radical (unpaired) electrons. The quantitative estimate of drug-likeness (QED) is 0.873. The number of benzene rings is 2. The van der Waals surface area contributed by atoms with E-state index < -0.39 is 5.97 Å². The number of carbonyl (C=O) groups is 1. The van der Waals surface area contributed by atoms with E-state index in [1.165, 1.54) is 0 Å². The Morgan fingerprint density at radius 1 is 1.17 bits per heavy atom. The molecule has 0 heterocycles. The third-order valence-electron chi connectivity index (χ3n) is 2.92. The Morgan fingerprint density at radius 3 is 2.50 bits per heavy atom. The molecular formula is C15H13ClO2. The van der Waals surface area contributed by atoms with Gasteiger partial charge in [-0.15, -0.1) is 0 Å². The number of rotatable bonds is 2. The molecule has 0 fully saturated rings. The van der Waals surface area contributed by atoms with Crippen molar-refractivity contribution in [2.24, 2.45) is 0 Å². The molecule has 0 amide bonds. The summed E-state index contributed by atoms with van der Waals surface area (Å²) in [6.07, 6.45) is 0. The summed E-state index contributed by atoms with van der Waals surface area (Å²) in [5.41, 5.74) is 3.98. The van der Waals surface area contributed by atoms with Crippen molar-refractivity contribution >= 4 is 17.6 Å². The van der Waals surface area contributed by atoms with Crippen molar-refractivity contribution in [1.82, 2.24) is 0 Å². The van der Waals surface area contributed by atoms with E-state index in [0.29, 0.717) is 10.6 Å². The molecule has 0 bridgehead atoms. The minimum Gasteiger partial charge on any atom is -0.478 e. The van der Waals surface area contributed by atoms with E-state index in [-0.39, 0.29) is 0 Å². The van der Waals surface area contributed by atoms with Crippen LogP contribution in [0.3, 0.4) is 0 Å². The Labute approximate surface area is 111 Å². The maximum atomic E-state index is 11.1. The number of carboxylic acid groups (broad SMARTS) is 1. The van der Waals surface area contributed by atoms with E-state index in [9.17, 15) is 4.79 Å². The molecule has 92 valence electrons. The lowest BCUT2D eigenvalue weighted by molar-refractivity contribution is 0.0696. The van der Waals surface area contributed by atoms with Crippen molar-refractivity contribution in [2.75, 3.05) is 0 Å². The summed E-state index contributed by atoms with van der Waals surface area (Å²) in [7, 11) is 0. The van der Waals surface area contributed by atoms with Crippen LogP contribution in [-0.4, -0.2) is 11.1 Å². The molecule has 3 heteroatoms. The number of aromatic carboxylic acids is 1. The Kier molecular flexibility index (Phi) is 3.39. The van der Waals surface area contributed by atoms with E-state index in [2.05, 4.69) is 0 Å². The van der Waals surface area contributed by atoms with Gasteiger partial charge in [-0.1, -0.05) is 29.8 Å². The normalized spacial score (nSPS) is 10.4. The fraction of sp³-hybridized carbons (Fsp3) is 0.133. The van der Waals surface area contributed by atoms with E-state index >= 15 is 0 Å². The second-order valence-electron chi connectivity index (χ2n) is 4.30. The summed E-state index contributed by atoms with van der Waals surface area (Å²) < 4.78 is 0.